The second kappa shape index (κ2) is 6.49. The van der Waals surface area contributed by atoms with Gasteiger partial charge < -0.3 is 10.6 Å². The number of nitrogens with zero attached hydrogens (tertiary/aromatic N) is 4. The van der Waals surface area contributed by atoms with Gasteiger partial charge in [-0.15, -0.1) is 5.10 Å². The van der Waals surface area contributed by atoms with Crippen molar-refractivity contribution in [1.29, 1.82) is 0 Å². The molecule has 0 unspecified atom stereocenters. The van der Waals surface area contributed by atoms with Crippen LogP contribution in [0.2, 0.25) is 0 Å². The second-order valence-electron chi connectivity index (χ2n) is 5.28. The maximum atomic E-state index is 12.2. The Morgan fingerprint density at radius 3 is 2.72 bits per heavy atom. The Bertz CT molecular complexity index is 361. The van der Waals surface area contributed by atoms with Gasteiger partial charge in [0.1, 0.15) is 6.54 Å². The Labute approximate surface area is 108 Å². The summed E-state index contributed by atoms with van der Waals surface area (Å²) in [7, 11) is 0. The first-order chi connectivity index (χ1) is 8.48. The average molecular weight is 253 g/mol. The lowest BCUT2D eigenvalue weighted by Gasteiger charge is -2.31. The fraction of sp³-hybridized carbons (Fsp3) is 0.750. The van der Waals surface area contributed by atoms with Crippen LogP contribution in [0.25, 0.3) is 0 Å². The smallest absolute Gasteiger partial charge is 0.244 e. The number of carbonyl (C=O) groups is 1. The molecule has 0 saturated carbocycles. The largest absolute Gasteiger partial charge is 0.341 e. The predicted octanol–water partition coefficient (Wildman–Crippen LogP) is 0.502. The summed E-state index contributed by atoms with van der Waals surface area (Å²) in [4.78, 5) is 14.0. The summed E-state index contributed by atoms with van der Waals surface area (Å²) in [5.41, 5.74) is 5.66. The standard InChI is InChI=1S/C12H23N5O/c1-4-6-16(10-12(2,3)9-13)11(18)8-17-7-5-14-15-17/h5,7H,4,6,8-10,13H2,1-3H3. The number of amides is 1. The van der Waals surface area contributed by atoms with E-state index in [0.29, 0.717) is 13.1 Å². The van der Waals surface area contributed by atoms with Crippen LogP contribution in [-0.4, -0.2) is 45.4 Å². The average Bonchev–Trinajstić information content (AvgIpc) is 2.81. The van der Waals surface area contributed by atoms with Gasteiger partial charge in [0.25, 0.3) is 0 Å². The van der Waals surface area contributed by atoms with E-state index < -0.39 is 0 Å². The quantitative estimate of drug-likeness (QED) is 0.767. The molecule has 1 heterocycles. The molecule has 0 aliphatic heterocycles. The maximum Gasteiger partial charge on any atom is 0.244 e. The van der Waals surface area contributed by atoms with E-state index in [-0.39, 0.29) is 17.9 Å². The molecule has 1 aromatic heterocycles. The van der Waals surface area contributed by atoms with Crippen LogP contribution in [0.1, 0.15) is 27.2 Å². The van der Waals surface area contributed by atoms with Crippen molar-refractivity contribution in [2.24, 2.45) is 11.1 Å². The number of nitrogens with two attached hydrogens (primary N) is 1. The van der Waals surface area contributed by atoms with Crippen molar-refractivity contribution < 1.29 is 4.79 Å². The predicted molar refractivity (Wildman–Crippen MR) is 69.7 cm³/mol. The zero-order chi connectivity index (χ0) is 13.6. The first-order valence-corrected chi connectivity index (χ1v) is 6.30. The van der Waals surface area contributed by atoms with Gasteiger partial charge in [-0.2, -0.15) is 0 Å². The van der Waals surface area contributed by atoms with Gasteiger partial charge in [-0.05, 0) is 18.4 Å². The lowest BCUT2D eigenvalue weighted by Crippen LogP contribution is -2.43. The highest BCUT2D eigenvalue weighted by Crippen LogP contribution is 2.15. The molecule has 1 aromatic rings. The molecule has 0 aliphatic rings. The third-order valence-electron chi connectivity index (χ3n) is 2.79. The number of hydrogen-bond acceptors (Lipinski definition) is 4. The van der Waals surface area contributed by atoms with Gasteiger partial charge in [-0.25, -0.2) is 4.68 Å². The van der Waals surface area contributed by atoms with E-state index in [1.54, 1.807) is 17.1 Å². The van der Waals surface area contributed by atoms with E-state index in [1.807, 2.05) is 4.90 Å². The summed E-state index contributed by atoms with van der Waals surface area (Å²) in [6.45, 7) is 8.41. The lowest BCUT2D eigenvalue weighted by atomic mass is 9.93. The molecule has 18 heavy (non-hydrogen) atoms. The molecule has 6 nitrogen and oxygen atoms in total. The van der Waals surface area contributed by atoms with Crippen LogP contribution in [-0.2, 0) is 11.3 Å². The summed E-state index contributed by atoms with van der Waals surface area (Å²) >= 11 is 0. The van der Waals surface area contributed by atoms with Crippen LogP contribution < -0.4 is 5.73 Å². The molecule has 0 aliphatic carbocycles. The number of rotatable bonds is 7. The molecular formula is C12H23N5O. The molecule has 6 heteroatoms. The molecule has 0 radical (unpaired) electrons. The molecular weight excluding hydrogens is 230 g/mol. The topological polar surface area (TPSA) is 77.0 Å². The lowest BCUT2D eigenvalue weighted by molar-refractivity contribution is -0.133. The van der Waals surface area contributed by atoms with Crippen LogP contribution in [0.4, 0.5) is 0 Å². The van der Waals surface area contributed by atoms with Crippen LogP contribution in [0.3, 0.4) is 0 Å². The Kier molecular flexibility index (Phi) is 5.27. The summed E-state index contributed by atoms with van der Waals surface area (Å²) in [6.07, 6.45) is 4.20. The van der Waals surface area contributed by atoms with E-state index in [4.69, 9.17) is 5.73 Å². The Hall–Kier alpha value is -1.43. The third kappa shape index (κ3) is 4.44. The minimum Gasteiger partial charge on any atom is -0.341 e. The SMILES string of the molecule is CCCN(CC(C)(C)CN)C(=O)Cn1ccnn1. The number of hydrogen-bond donors (Lipinski definition) is 1. The second-order valence-corrected chi connectivity index (χ2v) is 5.28. The minimum absolute atomic E-state index is 0.0591. The van der Waals surface area contributed by atoms with E-state index in [1.165, 1.54) is 0 Å². The molecule has 1 rings (SSSR count). The minimum atomic E-state index is -0.0623. The molecule has 0 bridgehead atoms. The van der Waals surface area contributed by atoms with Crippen molar-refractivity contribution in [1.82, 2.24) is 19.9 Å². The van der Waals surface area contributed by atoms with E-state index >= 15 is 0 Å². The first kappa shape index (κ1) is 14.6. The van der Waals surface area contributed by atoms with Crippen molar-refractivity contribution in [2.75, 3.05) is 19.6 Å². The number of aromatic nitrogens is 3. The highest BCUT2D eigenvalue weighted by Gasteiger charge is 2.23. The van der Waals surface area contributed by atoms with Crippen LogP contribution >= 0.6 is 0 Å². The molecule has 0 atom stereocenters. The first-order valence-electron chi connectivity index (χ1n) is 6.30. The fourth-order valence-corrected chi connectivity index (χ4v) is 1.70. The summed E-state index contributed by atoms with van der Waals surface area (Å²) in [5, 5.41) is 7.50. The maximum absolute atomic E-state index is 12.2. The summed E-state index contributed by atoms with van der Waals surface area (Å²) in [5.74, 6) is 0.0591. The zero-order valence-corrected chi connectivity index (χ0v) is 11.5. The van der Waals surface area contributed by atoms with Crippen molar-refractivity contribution in [3.8, 4) is 0 Å². The molecule has 2 N–H and O–H groups in total. The highest BCUT2D eigenvalue weighted by atomic mass is 16.2. The van der Waals surface area contributed by atoms with Crippen molar-refractivity contribution in [3.05, 3.63) is 12.4 Å². The molecule has 1 amide bonds. The van der Waals surface area contributed by atoms with Crippen LogP contribution in [0.5, 0.6) is 0 Å². The van der Waals surface area contributed by atoms with Crippen LogP contribution in [0, 0.1) is 5.41 Å². The van der Waals surface area contributed by atoms with Gasteiger partial charge >= 0.3 is 0 Å². The zero-order valence-electron chi connectivity index (χ0n) is 11.5. The van der Waals surface area contributed by atoms with Gasteiger partial charge in [-0.1, -0.05) is 26.0 Å². The van der Waals surface area contributed by atoms with Crippen molar-refractivity contribution in [2.45, 2.75) is 33.7 Å². The van der Waals surface area contributed by atoms with Gasteiger partial charge in [0.15, 0.2) is 0 Å². The molecule has 102 valence electrons. The summed E-state index contributed by atoms with van der Waals surface area (Å²) < 4.78 is 1.54. The van der Waals surface area contributed by atoms with E-state index in [2.05, 4.69) is 31.1 Å². The van der Waals surface area contributed by atoms with Gasteiger partial charge in [0.2, 0.25) is 5.91 Å². The molecule has 0 aromatic carbocycles. The molecule has 0 fully saturated rings. The monoisotopic (exact) mass is 253 g/mol. The molecule has 0 spiro atoms. The molecule has 0 saturated heterocycles. The fourth-order valence-electron chi connectivity index (χ4n) is 1.70. The third-order valence-corrected chi connectivity index (χ3v) is 2.79. The number of carbonyl (C=O) groups excluding carboxylic acids is 1. The van der Waals surface area contributed by atoms with Gasteiger partial charge in [-0.3, -0.25) is 4.79 Å². The Morgan fingerprint density at radius 1 is 1.50 bits per heavy atom. The van der Waals surface area contributed by atoms with Crippen LogP contribution in [0.15, 0.2) is 12.4 Å². The van der Waals surface area contributed by atoms with E-state index in [9.17, 15) is 4.79 Å². The summed E-state index contributed by atoms with van der Waals surface area (Å²) in [6, 6.07) is 0. The van der Waals surface area contributed by atoms with Gasteiger partial charge in [0.05, 0.1) is 6.20 Å². The van der Waals surface area contributed by atoms with Gasteiger partial charge in [0, 0.05) is 19.3 Å². The normalized spacial score (nSPS) is 11.6. The Morgan fingerprint density at radius 2 is 2.22 bits per heavy atom. The van der Waals surface area contributed by atoms with Crippen molar-refractivity contribution in [3.63, 3.8) is 0 Å². The Balaban J connectivity index is 2.63. The highest BCUT2D eigenvalue weighted by molar-refractivity contribution is 5.75. The van der Waals surface area contributed by atoms with Crippen molar-refractivity contribution >= 4 is 5.91 Å². The van der Waals surface area contributed by atoms with E-state index in [0.717, 1.165) is 13.0 Å².